The van der Waals surface area contributed by atoms with Gasteiger partial charge in [0.1, 0.15) is 5.75 Å². The third kappa shape index (κ3) is 4.50. The standard InChI is InChI=1S/C21H33N3O2/c1-3-18-9-7-8-12-24(18)21(25)17-22-13-15-23(16-14-22)19-10-5-6-11-20(19)26-4-2/h5-6,10-11,18H,3-4,7-9,12-17H2,1-2H3. The maximum absolute atomic E-state index is 12.8. The van der Waals surface area contributed by atoms with Gasteiger partial charge in [0.05, 0.1) is 18.8 Å². The van der Waals surface area contributed by atoms with E-state index in [2.05, 4.69) is 33.8 Å². The zero-order valence-corrected chi connectivity index (χ0v) is 16.3. The van der Waals surface area contributed by atoms with Gasteiger partial charge in [0.15, 0.2) is 0 Å². The van der Waals surface area contributed by atoms with Gasteiger partial charge in [0.25, 0.3) is 0 Å². The minimum Gasteiger partial charge on any atom is -0.492 e. The average Bonchev–Trinajstić information content (AvgIpc) is 2.69. The highest BCUT2D eigenvalue weighted by Crippen LogP contribution is 2.29. The molecule has 0 aromatic heterocycles. The van der Waals surface area contributed by atoms with Crippen molar-refractivity contribution < 1.29 is 9.53 Å². The smallest absolute Gasteiger partial charge is 0.236 e. The number of ether oxygens (including phenoxy) is 1. The van der Waals surface area contributed by atoms with Crippen LogP contribution in [-0.2, 0) is 4.79 Å². The van der Waals surface area contributed by atoms with Crippen molar-refractivity contribution in [3.63, 3.8) is 0 Å². The topological polar surface area (TPSA) is 36.0 Å². The third-order valence-electron chi connectivity index (χ3n) is 5.66. The molecule has 1 aromatic carbocycles. The Hall–Kier alpha value is -1.75. The molecule has 0 N–H and O–H groups in total. The summed E-state index contributed by atoms with van der Waals surface area (Å²) < 4.78 is 5.77. The second-order valence-electron chi connectivity index (χ2n) is 7.31. The van der Waals surface area contributed by atoms with Crippen molar-refractivity contribution in [3.8, 4) is 5.75 Å². The highest BCUT2D eigenvalue weighted by atomic mass is 16.5. The van der Waals surface area contributed by atoms with Gasteiger partial charge in [-0.05, 0) is 44.7 Å². The Morgan fingerprint density at radius 2 is 1.85 bits per heavy atom. The molecule has 3 rings (SSSR count). The Bertz CT molecular complexity index is 584. The molecule has 1 amide bonds. The molecular formula is C21H33N3O2. The van der Waals surface area contributed by atoms with E-state index in [9.17, 15) is 4.79 Å². The van der Waals surface area contributed by atoms with E-state index in [1.165, 1.54) is 18.5 Å². The molecule has 1 aromatic rings. The number of piperidine rings is 1. The Labute approximate surface area is 157 Å². The number of hydrogen-bond acceptors (Lipinski definition) is 4. The first-order chi connectivity index (χ1) is 12.7. The maximum Gasteiger partial charge on any atom is 0.236 e. The summed E-state index contributed by atoms with van der Waals surface area (Å²) in [6.07, 6.45) is 4.67. The van der Waals surface area contributed by atoms with Crippen LogP contribution in [0.15, 0.2) is 24.3 Å². The van der Waals surface area contributed by atoms with Crippen LogP contribution < -0.4 is 9.64 Å². The molecule has 0 saturated carbocycles. The molecule has 2 saturated heterocycles. The Kier molecular flexibility index (Phi) is 6.78. The lowest BCUT2D eigenvalue weighted by Gasteiger charge is -2.39. The van der Waals surface area contributed by atoms with Gasteiger partial charge in [-0.2, -0.15) is 0 Å². The number of rotatable bonds is 6. The number of anilines is 1. The number of amides is 1. The zero-order valence-electron chi connectivity index (χ0n) is 16.3. The third-order valence-corrected chi connectivity index (χ3v) is 5.66. The fraction of sp³-hybridized carbons (Fsp3) is 0.667. The zero-order chi connectivity index (χ0) is 18.4. The van der Waals surface area contributed by atoms with Crippen molar-refractivity contribution in [1.29, 1.82) is 0 Å². The van der Waals surface area contributed by atoms with E-state index in [1.807, 2.05) is 19.1 Å². The van der Waals surface area contributed by atoms with E-state index in [1.54, 1.807) is 0 Å². The fourth-order valence-corrected chi connectivity index (χ4v) is 4.18. The molecule has 1 atom stereocenters. The number of carbonyl (C=O) groups excluding carboxylic acids is 1. The van der Waals surface area contributed by atoms with Gasteiger partial charge in [-0.3, -0.25) is 9.69 Å². The number of nitrogens with zero attached hydrogens (tertiary/aromatic N) is 3. The Balaban J connectivity index is 1.53. The number of likely N-dealkylation sites (tertiary alicyclic amines) is 1. The van der Waals surface area contributed by atoms with Crippen molar-refractivity contribution in [2.45, 2.75) is 45.6 Å². The summed E-state index contributed by atoms with van der Waals surface area (Å²) in [7, 11) is 0. The van der Waals surface area contributed by atoms with Gasteiger partial charge in [0.2, 0.25) is 5.91 Å². The lowest BCUT2D eigenvalue weighted by Crippen LogP contribution is -2.52. The van der Waals surface area contributed by atoms with Crippen molar-refractivity contribution >= 4 is 11.6 Å². The van der Waals surface area contributed by atoms with E-state index >= 15 is 0 Å². The Morgan fingerprint density at radius 1 is 1.08 bits per heavy atom. The number of carbonyl (C=O) groups is 1. The average molecular weight is 360 g/mol. The first-order valence-corrected chi connectivity index (χ1v) is 10.2. The molecular weight excluding hydrogens is 326 g/mol. The number of piperazine rings is 1. The van der Waals surface area contributed by atoms with Crippen LogP contribution in [0.3, 0.4) is 0 Å². The molecule has 144 valence electrons. The summed E-state index contributed by atoms with van der Waals surface area (Å²) in [5.74, 6) is 1.28. The van der Waals surface area contributed by atoms with Crippen LogP contribution in [0.4, 0.5) is 5.69 Å². The van der Waals surface area contributed by atoms with Crippen molar-refractivity contribution in [1.82, 2.24) is 9.80 Å². The van der Waals surface area contributed by atoms with Gasteiger partial charge in [-0.1, -0.05) is 19.1 Å². The summed E-state index contributed by atoms with van der Waals surface area (Å²) in [6, 6.07) is 8.71. The molecule has 0 radical (unpaired) electrons. The summed E-state index contributed by atoms with van der Waals surface area (Å²) in [6.45, 7) is 10.1. The van der Waals surface area contributed by atoms with Gasteiger partial charge in [-0.15, -0.1) is 0 Å². The molecule has 5 nitrogen and oxygen atoms in total. The first-order valence-electron chi connectivity index (χ1n) is 10.2. The lowest BCUT2D eigenvalue weighted by atomic mass is 10.00. The second-order valence-corrected chi connectivity index (χ2v) is 7.31. The minimum atomic E-state index is 0.319. The predicted octanol–water partition coefficient (Wildman–Crippen LogP) is 3.00. The number of benzene rings is 1. The quantitative estimate of drug-likeness (QED) is 0.782. The second kappa shape index (κ2) is 9.26. The van der Waals surface area contributed by atoms with E-state index in [4.69, 9.17) is 4.74 Å². The van der Waals surface area contributed by atoms with Crippen molar-refractivity contribution in [2.75, 3.05) is 50.8 Å². The van der Waals surface area contributed by atoms with Gasteiger partial charge >= 0.3 is 0 Å². The molecule has 0 bridgehead atoms. The summed E-state index contributed by atoms with van der Waals surface area (Å²) in [5, 5.41) is 0. The van der Waals surface area contributed by atoms with Crippen LogP contribution in [0.25, 0.3) is 0 Å². The lowest BCUT2D eigenvalue weighted by molar-refractivity contribution is -0.136. The van der Waals surface area contributed by atoms with Crippen LogP contribution in [0, 0.1) is 0 Å². The van der Waals surface area contributed by atoms with Crippen LogP contribution >= 0.6 is 0 Å². The molecule has 2 aliphatic heterocycles. The highest BCUT2D eigenvalue weighted by Gasteiger charge is 2.28. The van der Waals surface area contributed by atoms with Crippen LogP contribution in [0.2, 0.25) is 0 Å². The molecule has 5 heteroatoms. The van der Waals surface area contributed by atoms with Crippen LogP contribution in [0.1, 0.15) is 39.5 Å². The molecule has 2 heterocycles. The summed E-state index contributed by atoms with van der Waals surface area (Å²) in [5.41, 5.74) is 1.17. The Morgan fingerprint density at radius 3 is 2.58 bits per heavy atom. The number of hydrogen-bond donors (Lipinski definition) is 0. The van der Waals surface area contributed by atoms with Gasteiger partial charge in [-0.25, -0.2) is 0 Å². The SMILES string of the molecule is CCOc1ccccc1N1CCN(CC(=O)N2CCCCC2CC)CC1. The van der Waals surface area contributed by atoms with E-state index in [0.29, 0.717) is 25.1 Å². The van der Waals surface area contributed by atoms with E-state index in [0.717, 1.165) is 51.3 Å². The largest absolute Gasteiger partial charge is 0.492 e. The molecule has 26 heavy (non-hydrogen) atoms. The molecule has 2 fully saturated rings. The summed E-state index contributed by atoms with van der Waals surface area (Å²) >= 11 is 0. The highest BCUT2D eigenvalue weighted by molar-refractivity contribution is 5.78. The monoisotopic (exact) mass is 359 g/mol. The fourth-order valence-electron chi connectivity index (χ4n) is 4.18. The number of para-hydroxylation sites is 2. The molecule has 0 aliphatic carbocycles. The summed E-state index contributed by atoms with van der Waals surface area (Å²) in [4.78, 5) is 19.6. The van der Waals surface area contributed by atoms with E-state index < -0.39 is 0 Å². The predicted molar refractivity (Wildman–Crippen MR) is 106 cm³/mol. The molecule has 2 aliphatic rings. The normalized spacial score (nSPS) is 21.7. The first kappa shape index (κ1) is 19.0. The van der Waals surface area contributed by atoms with Crippen molar-refractivity contribution in [2.24, 2.45) is 0 Å². The maximum atomic E-state index is 12.8. The molecule has 1 unspecified atom stereocenters. The van der Waals surface area contributed by atoms with E-state index in [-0.39, 0.29) is 0 Å². The van der Waals surface area contributed by atoms with Crippen LogP contribution in [0.5, 0.6) is 5.75 Å². The molecule has 0 spiro atoms. The van der Waals surface area contributed by atoms with Gasteiger partial charge < -0.3 is 14.5 Å². The van der Waals surface area contributed by atoms with Gasteiger partial charge in [0, 0.05) is 38.8 Å². The van der Waals surface area contributed by atoms with Crippen molar-refractivity contribution in [3.05, 3.63) is 24.3 Å². The minimum absolute atomic E-state index is 0.319. The van der Waals surface area contributed by atoms with Crippen LogP contribution in [-0.4, -0.2) is 67.6 Å².